The normalized spacial score (nSPS) is 29.0. The maximum Gasteiger partial charge on any atom is 0.0410 e. The molecule has 0 aromatic heterocycles. The van der Waals surface area contributed by atoms with Gasteiger partial charge in [-0.1, -0.05) is 24.9 Å². The van der Waals surface area contributed by atoms with Crippen molar-refractivity contribution in [1.29, 1.82) is 0 Å². The molecule has 0 aliphatic heterocycles. The topological polar surface area (TPSA) is 12.0 Å². The van der Waals surface area contributed by atoms with E-state index in [0.29, 0.717) is 6.04 Å². The second-order valence-electron chi connectivity index (χ2n) is 6.84. The van der Waals surface area contributed by atoms with Gasteiger partial charge in [-0.2, -0.15) is 0 Å². The summed E-state index contributed by atoms with van der Waals surface area (Å²) < 4.78 is 1.34. The second-order valence-corrected chi connectivity index (χ2v) is 8.44. The van der Waals surface area contributed by atoms with E-state index in [2.05, 4.69) is 47.0 Å². The van der Waals surface area contributed by atoms with Crippen molar-refractivity contribution in [3.8, 4) is 0 Å². The number of hydrogen-bond donors (Lipinski definition) is 1. The summed E-state index contributed by atoms with van der Waals surface area (Å²) in [6, 6.07) is 6.80. The average molecular weight is 418 g/mol. The molecule has 3 rings (SSSR count). The lowest BCUT2D eigenvalue weighted by molar-refractivity contribution is 0.279. The molecule has 1 nitrogen and oxygen atoms in total. The van der Waals surface area contributed by atoms with E-state index < -0.39 is 0 Å². The van der Waals surface area contributed by atoms with Gasteiger partial charge in [-0.3, -0.25) is 0 Å². The van der Waals surface area contributed by atoms with Gasteiger partial charge in [-0.25, -0.2) is 0 Å². The second kappa shape index (κ2) is 7.18. The summed E-state index contributed by atoms with van der Waals surface area (Å²) in [5.74, 6) is 2.95. The molecule has 21 heavy (non-hydrogen) atoms. The standard InChI is InChI=1S/C18H25ClIN/c1-2-7-21-18(16-11-15(19)5-6-17(16)20)10-14-9-12-3-4-13(14)8-12/h5-6,11-14,18,21H,2-4,7-10H2,1H3. The molecule has 1 N–H and O–H groups in total. The minimum absolute atomic E-state index is 0.472. The van der Waals surface area contributed by atoms with E-state index in [1.807, 2.05) is 6.07 Å². The number of benzene rings is 1. The third-order valence-corrected chi connectivity index (χ3v) is 6.61. The Hall–Kier alpha value is 0.200. The third-order valence-electron chi connectivity index (χ3n) is 5.40. The van der Waals surface area contributed by atoms with Crippen LogP contribution in [0.4, 0.5) is 0 Å². The summed E-state index contributed by atoms with van der Waals surface area (Å²) in [6.45, 7) is 3.33. The Balaban J connectivity index is 1.75. The van der Waals surface area contributed by atoms with Gasteiger partial charge in [0.05, 0.1) is 0 Å². The van der Waals surface area contributed by atoms with Crippen LogP contribution < -0.4 is 5.32 Å². The molecule has 2 aliphatic rings. The Kier molecular flexibility index (Phi) is 5.50. The van der Waals surface area contributed by atoms with E-state index in [4.69, 9.17) is 11.6 Å². The van der Waals surface area contributed by atoms with Gasteiger partial charge >= 0.3 is 0 Å². The highest BCUT2D eigenvalue weighted by atomic mass is 127. The Morgan fingerprint density at radius 3 is 2.86 bits per heavy atom. The first-order chi connectivity index (χ1) is 10.2. The lowest BCUT2D eigenvalue weighted by Gasteiger charge is -2.28. The molecule has 4 unspecified atom stereocenters. The first-order valence-corrected chi connectivity index (χ1v) is 9.81. The molecule has 2 aliphatic carbocycles. The molecule has 4 atom stereocenters. The minimum Gasteiger partial charge on any atom is -0.310 e. The van der Waals surface area contributed by atoms with Crippen molar-refractivity contribution in [3.05, 3.63) is 32.4 Å². The highest BCUT2D eigenvalue weighted by molar-refractivity contribution is 14.1. The fourth-order valence-corrected chi connectivity index (χ4v) is 5.28. The lowest BCUT2D eigenvalue weighted by Crippen LogP contribution is -2.27. The van der Waals surface area contributed by atoms with Crippen LogP contribution in [0.3, 0.4) is 0 Å². The SMILES string of the molecule is CCCNC(CC1CC2CCC1C2)c1cc(Cl)ccc1I. The van der Waals surface area contributed by atoms with Gasteiger partial charge in [0.25, 0.3) is 0 Å². The van der Waals surface area contributed by atoms with E-state index in [-0.39, 0.29) is 0 Å². The summed E-state index contributed by atoms with van der Waals surface area (Å²) >= 11 is 8.70. The largest absolute Gasteiger partial charge is 0.310 e. The monoisotopic (exact) mass is 417 g/mol. The van der Waals surface area contributed by atoms with E-state index in [0.717, 1.165) is 29.3 Å². The molecular formula is C18H25ClIN. The maximum absolute atomic E-state index is 6.24. The van der Waals surface area contributed by atoms with Gasteiger partial charge in [-0.15, -0.1) is 0 Å². The summed E-state index contributed by atoms with van der Waals surface area (Å²) in [6.07, 6.45) is 8.40. The van der Waals surface area contributed by atoms with Crippen LogP contribution in [0.2, 0.25) is 5.02 Å². The molecule has 2 saturated carbocycles. The molecule has 116 valence electrons. The van der Waals surface area contributed by atoms with Gasteiger partial charge in [0.1, 0.15) is 0 Å². The molecule has 0 radical (unpaired) electrons. The lowest BCUT2D eigenvalue weighted by atomic mass is 9.82. The first-order valence-electron chi connectivity index (χ1n) is 8.35. The molecule has 1 aromatic rings. The average Bonchev–Trinajstić information content (AvgIpc) is 3.08. The van der Waals surface area contributed by atoms with Gasteiger partial charge in [-0.05, 0) is 103 Å². The predicted molar refractivity (Wildman–Crippen MR) is 98.8 cm³/mol. The first kappa shape index (κ1) is 16.1. The minimum atomic E-state index is 0.472. The number of halogens is 2. The molecule has 0 amide bonds. The van der Waals surface area contributed by atoms with Gasteiger partial charge < -0.3 is 5.32 Å². The molecule has 1 aromatic carbocycles. The molecule has 3 heteroatoms. The molecule has 0 saturated heterocycles. The molecule has 0 heterocycles. The Morgan fingerprint density at radius 1 is 1.33 bits per heavy atom. The van der Waals surface area contributed by atoms with Crippen molar-refractivity contribution in [2.24, 2.45) is 17.8 Å². The van der Waals surface area contributed by atoms with Crippen LogP contribution in [-0.2, 0) is 0 Å². The highest BCUT2D eigenvalue weighted by Gasteiger charge is 2.40. The van der Waals surface area contributed by atoms with Crippen LogP contribution >= 0.6 is 34.2 Å². The number of rotatable bonds is 6. The zero-order valence-corrected chi connectivity index (χ0v) is 15.7. The Bertz CT molecular complexity index is 490. The molecular weight excluding hydrogens is 393 g/mol. The van der Waals surface area contributed by atoms with Crippen molar-refractivity contribution >= 4 is 34.2 Å². The number of fused-ring (bicyclic) bond motifs is 2. The van der Waals surface area contributed by atoms with Crippen LogP contribution in [0, 0.1) is 21.3 Å². The van der Waals surface area contributed by atoms with Gasteiger partial charge in [0.15, 0.2) is 0 Å². The maximum atomic E-state index is 6.24. The van der Waals surface area contributed by atoms with Gasteiger partial charge in [0, 0.05) is 14.6 Å². The molecule has 0 spiro atoms. The number of nitrogens with one attached hydrogen (secondary N) is 1. The van der Waals surface area contributed by atoms with E-state index >= 15 is 0 Å². The van der Waals surface area contributed by atoms with Gasteiger partial charge in [0.2, 0.25) is 0 Å². The van der Waals surface area contributed by atoms with Crippen LogP contribution in [0.15, 0.2) is 18.2 Å². The van der Waals surface area contributed by atoms with Crippen molar-refractivity contribution in [2.75, 3.05) is 6.54 Å². The zero-order chi connectivity index (χ0) is 14.8. The third kappa shape index (κ3) is 3.76. The van der Waals surface area contributed by atoms with Crippen LogP contribution in [0.25, 0.3) is 0 Å². The quantitative estimate of drug-likeness (QED) is 0.576. The Morgan fingerprint density at radius 2 is 2.19 bits per heavy atom. The van der Waals surface area contributed by atoms with Crippen LogP contribution in [-0.4, -0.2) is 6.54 Å². The smallest absolute Gasteiger partial charge is 0.0410 e. The summed E-state index contributed by atoms with van der Waals surface area (Å²) in [7, 11) is 0. The van der Waals surface area contributed by atoms with Crippen molar-refractivity contribution in [1.82, 2.24) is 5.32 Å². The van der Waals surface area contributed by atoms with Crippen molar-refractivity contribution in [2.45, 2.75) is 51.5 Å². The van der Waals surface area contributed by atoms with Crippen molar-refractivity contribution in [3.63, 3.8) is 0 Å². The van der Waals surface area contributed by atoms with E-state index in [1.54, 1.807) is 0 Å². The van der Waals surface area contributed by atoms with Crippen molar-refractivity contribution < 1.29 is 0 Å². The van der Waals surface area contributed by atoms with E-state index in [9.17, 15) is 0 Å². The van der Waals surface area contributed by atoms with E-state index in [1.165, 1.54) is 47.7 Å². The summed E-state index contributed by atoms with van der Waals surface area (Å²) in [4.78, 5) is 0. The summed E-state index contributed by atoms with van der Waals surface area (Å²) in [5, 5.41) is 4.64. The Labute approximate surface area is 147 Å². The predicted octanol–water partition coefficient (Wildman–Crippen LogP) is 5.81. The number of hydrogen-bond acceptors (Lipinski definition) is 1. The summed E-state index contributed by atoms with van der Waals surface area (Å²) in [5.41, 5.74) is 1.40. The van der Waals surface area contributed by atoms with Crippen LogP contribution in [0.5, 0.6) is 0 Å². The molecule has 2 fully saturated rings. The fourth-order valence-electron chi connectivity index (χ4n) is 4.39. The zero-order valence-electron chi connectivity index (χ0n) is 12.7. The molecule has 2 bridgehead atoms. The fraction of sp³-hybridized carbons (Fsp3) is 0.667. The highest BCUT2D eigenvalue weighted by Crippen LogP contribution is 2.51. The van der Waals surface area contributed by atoms with Crippen LogP contribution in [0.1, 0.15) is 57.1 Å².